The molecule has 0 aliphatic rings. The Balaban J connectivity index is 2.42. The average Bonchev–Trinajstić information content (AvgIpc) is 2.49. The summed E-state index contributed by atoms with van der Waals surface area (Å²) >= 11 is 0. The Morgan fingerprint density at radius 1 is 1.13 bits per heavy atom. The van der Waals surface area contributed by atoms with E-state index in [4.69, 9.17) is 15.5 Å². The molecule has 8 heteroatoms. The third kappa shape index (κ3) is 8.23. The second kappa shape index (κ2) is 9.78. The van der Waals surface area contributed by atoms with Crippen molar-refractivity contribution in [3.8, 4) is 5.75 Å². The zero-order valence-electron chi connectivity index (χ0n) is 12.9. The second-order valence-electron chi connectivity index (χ2n) is 5.29. The SMILES string of the molecule is NCCCCCCCC(=O)C(F)c1ccc(OP(=O)(O)O)cc1. The highest BCUT2D eigenvalue weighted by Crippen LogP contribution is 2.37. The molecule has 0 saturated heterocycles. The van der Waals surface area contributed by atoms with Gasteiger partial charge in [-0.1, -0.05) is 31.4 Å². The highest BCUT2D eigenvalue weighted by Gasteiger charge is 2.20. The van der Waals surface area contributed by atoms with Gasteiger partial charge in [0.05, 0.1) is 0 Å². The van der Waals surface area contributed by atoms with E-state index in [-0.39, 0.29) is 17.7 Å². The standard InChI is InChI=1S/C15H23FNO5P/c16-15(14(18)6-4-2-1-3-5-11-17)12-7-9-13(10-8-12)22-23(19,20)21/h7-10,15H,1-6,11,17H2,(H2,19,20,21). The Hall–Kier alpha value is -1.27. The van der Waals surface area contributed by atoms with Crippen molar-refractivity contribution in [1.29, 1.82) is 0 Å². The molecule has 0 heterocycles. The smallest absolute Gasteiger partial charge is 0.404 e. The summed E-state index contributed by atoms with van der Waals surface area (Å²) in [5.41, 5.74) is 5.53. The summed E-state index contributed by atoms with van der Waals surface area (Å²) < 4.78 is 29.1. The minimum absolute atomic E-state index is 0.0818. The molecule has 130 valence electrons. The number of benzene rings is 1. The Morgan fingerprint density at radius 2 is 1.70 bits per heavy atom. The number of alkyl halides is 1. The van der Waals surface area contributed by atoms with E-state index in [1.165, 1.54) is 24.3 Å². The van der Waals surface area contributed by atoms with E-state index in [2.05, 4.69) is 4.52 Å². The number of nitrogens with two attached hydrogens (primary N) is 1. The lowest BCUT2D eigenvalue weighted by atomic mass is 10.0. The number of hydrogen-bond donors (Lipinski definition) is 3. The topological polar surface area (TPSA) is 110 Å². The van der Waals surface area contributed by atoms with Crippen molar-refractivity contribution in [3.63, 3.8) is 0 Å². The van der Waals surface area contributed by atoms with Gasteiger partial charge < -0.3 is 10.3 Å². The minimum atomic E-state index is -4.64. The molecule has 0 spiro atoms. The van der Waals surface area contributed by atoms with E-state index in [1.807, 2.05) is 0 Å². The lowest BCUT2D eigenvalue weighted by molar-refractivity contribution is -0.124. The lowest BCUT2D eigenvalue weighted by Crippen LogP contribution is -2.07. The monoisotopic (exact) mass is 347 g/mol. The summed E-state index contributed by atoms with van der Waals surface area (Å²) in [6.07, 6.45) is 2.91. The van der Waals surface area contributed by atoms with Crippen LogP contribution in [-0.4, -0.2) is 22.1 Å². The molecule has 0 aliphatic carbocycles. The molecule has 1 unspecified atom stereocenters. The molecule has 0 fully saturated rings. The Morgan fingerprint density at radius 3 is 2.26 bits per heavy atom. The summed E-state index contributed by atoms with van der Waals surface area (Å²) in [5.74, 6) is -0.575. The quantitative estimate of drug-likeness (QED) is 0.419. The predicted octanol–water partition coefficient (Wildman–Crippen LogP) is 3.04. The molecule has 0 amide bonds. The van der Waals surface area contributed by atoms with Gasteiger partial charge in [-0.2, -0.15) is 0 Å². The third-order valence-corrected chi connectivity index (χ3v) is 3.76. The van der Waals surface area contributed by atoms with Crippen molar-refractivity contribution in [2.75, 3.05) is 6.54 Å². The van der Waals surface area contributed by atoms with Crippen LogP contribution in [0.1, 0.15) is 50.3 Å². The predicted molar refractivity (Wildman–Crippen MR) is 84.7 cm³/mol. The van der Waals surface area contributed by atoms with Gasteiger partial charge in [0.2, 0.25) is 0 Å². The number of unbranched alkanes of at least 4 members (excludes halogenated alkanes) is 4. The van der Waals surface area contributed by atoms with Crippen LogP contribution in [0.3, 0.4) is 0 Å². The van der Waals surface area contributed by atoms with Crippen molar-refractivity contribution >= 4 is 13.6 Å². The van der Waals surface area contributed by atoms with Gasteiger partial charge in [0.1, 0.15) is 5.75 Å². The summed E-state index contributed by atoms with van der Waals surface area (Å²) in [4.78, 5) is 29.1. The first-order valence-corrected chi connectivity index (χ1v) is 9.08. The van der Waals surface area contributed by atoms with Crippen LogP contribution in [0.2, 0.25) is 0 Å². The molecule has 1 aromatic rings. The van der Waals surface area contributed by atoms with Gasteiger partial charge >= 0.3 is 7.82 Å². The molecule has 0 aromatic heterocycles. The largest absolute Gasteiger partial charge is 0.524 e. The Bertz CT molecular complexity index is 531. The number of rotatable bonds is 11. The van der Waals surface area contributed by atoms with Gasteiger partial charge in [0, 0.05) is 6.42 Å². The van der Waals surface area contributed by atoms with Crippen molar-refractivity contribution in [1.82, 2.24) is 0 Å². The number of halogens is 1. The molecular weight excluding hydrogens is 324 g/mol. The van der Waals surface area contributed by atoms with Gasteiger partial charge in [-0.3, -0.25) is 14.6 Å². The maximum Gasteiger partial charge on any atom is 0.524 e. The zero-order chi connectivity index (χ0) is 17.3. The van der Waals surface area contributed by atoms with Crippen molar-refractivity contribution in [2.45, 2.75) is 44.7 Å². The van der Waals surface area contributed by atoms with Gasteiger partial charge in [-0.25, -0.2) is 8.96 Å². The summed E-state index contributed by atoms with van der Waals surface area (Å²) in [7, 11) is -4.64. The fraction of sp³-hybridized carbons (Fsp3) is 0.533. The maximum atomic E-state index is 14.1. The molecule has 1 atom stereocenters. The summed E-state index contributed by atoms with van der Waals surface area (Å²) in [6, 6.07) is 5.02. The molecule has 23 heavy (non-hydrogen) atoms. The van der Waals surface area contributed by atoms with Crippen LogP contribution in [0.5, 0.6) is 5.75 Å². The van der Waals surface area contributed by atoms with Gasteiger partial charge in [-0.15, -0.1) is 0 Å². The number of carbonyl (C=O) groups is 1. The number of ketones is 1. The minimum Gasteiger partial charge on any atom is -0.404 e. The van der Waals surface area contributed by atoms with Crippen LogP contribution < -0.4 is 10.3 Å². The third-order valence-electron chi connectivity index (χ3n) is 3.31. The molecule has 4 N–H and O–H groups in total. The van der Waals surface area contributed by atoms with Crippen molar-refractivity contribution in [3.05, 3.63) is 29.8 Å². The van der Waals surface area contributed by atoms with Crippen LogP contribution in [0.4, 0.5) is 4.39 Å². The second-order valence-corrected chi connectivity index (χ2v) is 6.45. The van der Waals surface area contributed by atoms with Crippen LogP contribution in [0.25, 0.3) is 0 Å². The number of Topliss-reactive ketones (excluding diaryl/α,β-unsaturated/α-hetero) is 1. The van der Waals surface area contributed by atoms with Crippen molar-refractivity contribution < 1.29 is 28.1 Å². The number of phosphoric acid groups is 1. The first-order valence-electron chi connectivity index (χ1n) is 7.55. The first-order chi connectivity index (χ1) is 10.8. The molecule has 0 saturated carbocycles. The molecule has 0 bridgehead atoms. The fourth-order valence-corrected chi connectivity index (χ4v) is 2.52. The van der Waals surface area contributed by atoms with E-state index in [9.17, 15) is 13.8 Å². The molecular formula is C15H23FNO5P. The molecule has 0 radical (unpaired) electrons. The summed E-state index contributed by atoms with van der Waals surface area (Å²) in [5, 5.41) is 0. The van der Waals surface area contributed by atoms with Crippen LogP contribution in [-0.2, 0) is 9.36 Å². The van der Waals surface area contributed by atoms with E-state index in [1.54, 1.807) is 0 Å². The summed E-state index contributed by atoms with van der Waals surface area (Å²) in [6.45, 7) is 0.660. The fourth-order valence-electron chi connectivity index (χ4n) is 2.12. The lowest BCUT2D eigenvalue weighted by Gasteiger charge is -2.10. The molecule has 1 aromatic carbocycles. The highest BCUT2D eigenvalue weighted by molar-refractivity contribution is 7.46. The van der Waals surface area contributed by atoms with E-state index in [0.717, 1.165) is 25.7 Å². The Labute approximate surface area is 135 Å². The number of hydrogen-bond acceptors (Lipinski definition) is 4. The van der Waals surface area contributed by atoms with Crippen molar-refractivity contribution in [2.24, 2.45) is 5.73 Å². The van der Waals surface area contributed by atoms with E-state index >= 15 is 0 Å². The van der Waals surface area contributed by atoms with Gasteiger partial charge in [0.15, 0.2) is 12.0 Å². The number of phosphoric ester groups is 1. The molecule has 1 rings (SSSR count). The van der Waals surface area contributed by atoms with Gasteiger partial charge in [-0.05, 0) is 37.1 Å². The van der Waals surface area contributed by atoms with Crippen LogP contribution in [0.15, 0.2) is 24.3 Å². The number of carbonyl (C=O) groups excluding carboxylic acids is 1. The average molecular weight is 347 g/mol. The normalized spacial score (nSPS) is 12.9. The van der Waals surface area contributed by atoms with Gasteiger partial charge in [0.25, 0.3) is 0 Å². The van der Waals surface area contributed by atoms with Crippen LogP contribution >= 0.6 is 7.82 Å². The molecule has 0 aliphatic heterocycles. The maximum absolute atomic E-state index is 14.1. The first kappa shape index (κ1) is 19.8. The zero-order valence-corrected chi connectivity index (χ0v) is 13.8. The van der Waals surface area contributed by atoms with E-state index in [0.29, 0.717) is 13.0 Å². The van der Waals surface area contributed by atoms with Crippen LogP contribution in [0, 0.1) is 0 Å². The highest BCUT2D eigenvalue weighted by atomic mass is 31.2. The molecule has 6 nitrogen and oxygen atoms in total. The Kier molecular flexibility index (Phi) is 8.41. The van der Waals surface area contributed by atoms with E-state index < -0.39 is 19.8 Å².